The molecule has 4 nitrogen and oxygen atoms in total. The number of benzene rings is 3. The molecule has 0 saturated carbocycles. The molecule has 0 fully saturated rings. The molecular weight excluding hydrogens is 424 g/mol. The first-order valence-corrected chi connectivity index (χ1v) is 11.5. The number of aliphatic hydroxyl groups is 1. The van der Waals surface area contributed by atoms with Crippen molar-refractivity contribution in [1.29, 1.82) is 0 Å². The summed E-state index contributed by atoms with van der Waals surface area (Å²) >= 11 is 0. The van der Waals surface area contributed by atoms with Crippen LogP contribution >= 0.6 is 0 Å². The van der Waals surface area contributed by atoms with Crippen molar-refractivity contribution in [2.75, 3.05) is 13.2 Å². The van der Waals surface area contributed by atoms with Crippen LogP contribution in [0.1, 0.15) is 37.5 Å². The van der Waals surface area contributed by atoms with E-state index in [1.807, 2.05) is 97.9 Å². The molecule has 0 saturated heterocycles. The van der Waals surface area contributed by atoms with Gasteiger partial charge in [0, 0.05) is 5.57 Å². The molecule has 3 aromatic carbocycles. The standard InChI is InChI=1S/C30H32O4/c1-4-33-29(32)24(3)21-20-23(2)28(31)22-34-30(25-14-8-5-9-15-25,26-16-10-6-11-17-26)27-18-12-7-13-19-27/h5-21,28,31H,4,22H2,1-3H3/b23-20-,24-21+/t28-/m1/s1. The van der Waals surface area contributed by atoms with Gasteiger partial charge in [0.25, 0.3) is 0 Å². The van der Waals surface area contributed by atoms with Crippen molar-refractivity contribution in [2.45, 2.75) is 32.5 Å². The molecule has 0 amide bonds. The van der Waals surface area contributed by atoms with Crippen molar-refractivity contribution in [2.24, 2.45) is 0 Å². The van der Waals surface area contributed by atoms with Crippen molar-refractivity contribution in [3.63, 3.8) is 0 Å². The molecule has 34 heavy (non-hydrogen) atoms. The van der Waals surface area contributed by atoms with E-state index < -0.39 is 11.7 Å². The van der Waals surface area contributed by atoms with Crippen LogP contribution in [0.2, 0.25) is 0 Å². The second kappa shape index (κ2) is 12.1. The molecule has 0 radical (unpaired) electrons. The Bertz CT molecular complexity index is 1010. The average molecular weight is 457 g/mol. The first-order chi connectivity index (χ1) is 16.5. The van der Waals surface area contributed by atoms with Gasteiger partial charge in [0.1, 0.15) is 5.60 Å². The van der Waals surface area contributed by atoms with Crippen LogP contribution in [0.4, 0.5) is 0 Å². The van der Waals surface area contributed by atoms with Gasteiger partial charge in [-0.05, 0) is 43.0 Å². The Hall–Kier alpha value is -3.47. The smallest absolute Gasteiger partial charge is 0.333 e. The van der Waals surface area contributed by atoms with Gasteiger partial charge in [-0.2, -0.15) is 0 Å². The molecule has 0 aliphatic carbocycles. The van der Waals surface area contributed by atoms with E-state index in [0.29, 0.717) is 17.8 Å². The Morgan fingerprint density at radius 1 is 0.824 bits per heavy atom. The number of allylic oxidation sites excluding steroid dienone is 2. The number of aliphatic hydroxyl groups excluding tert-OH is 1. The van der Waals surface area contributed by atoms with Gasteiger partial charge in [0.05, 0.1) is 19.3 Å². The maximum Gasteiger partial charge on any atom is 0.333 e. The highest BCUT2D eigenvalue weighted by Gasteiger charge is 2.38. The van der Waals surface area contributed by atoms with E-state index in [0.717, 1.165) is 16.7 Å². The number of hydrogen-bond donors (Lipinski definition) is 1. The quantitative estimate of drug-likeness (QED) is 0.181. The van der Waals surface area contributed by atoms with Gasteiger partial charge >= 0.3 is 5.97 Å². The van der Waals surface area contributed by atoms with E-state index in [2.05, 4.69) is 0 Å². The van der Waals surface area contributed by atoms with Crippen LogP contribution in [0.15, 0.2) is 114 Å². The van der Waals surface area contributed by atoms with Crippen molar-refractivity contribution in [3.05, 3.63) is 131 Å². The third kappa shape index (κ3) is 5.90. The SMILES string of the molecule is CCOC(=O)/C(C)=C/C=C(/C)[C@H](O)COC(c1ccccc1)(c1ccccc1)c1ccccc1. The zero-order chi connectivity index (χ0) is 24.4. The largest absolute Gasteiger partial charge is 0.463 e. The highest BCUT2D eigenvalue weighted by Crippen LogP contribution is 2.40. The molecule has 0 spiro atoms. The summed E-state index contributed by atoms with van der Waals surface area (Å²) in [7, 11) is 0. The predicted molar refractivity (Wildman–Crippen MR) is 135 cm³/mol. The molecule has 0 bridgehead atoms. The minimum absolute atomic E-state index is 0.0628. The van der Waals surface area contributed by atoms with E-state index in [1.165, 1.54) is 0 Å². The lowest BCUT2D eigenvalue weighted by Crippen LogP contribution is -2.36. The zero-order valence-electron chi connectivity index (χ0n) is 20.0. The van der Waals surface area contributed by atoms with Crippen LogP contribution in [0, 0.1) is 0 Å². The van der Waals surface area contributed by atoms with E-state index in [1.54, 1.807) is 26.0 Å². The normalized spacial score (nSPS) is 13.4. The van der Waals surface area contributed by atoms with Crippen molar-refractivity contribution >= 4 is 5.97 Å². The lowest BCUT2D eigenvalue weighted by Gasteiger charge is -2.36. The number of hydrogen-bond acceptors (Lipinski definition) is 4. The first-order valence-electron chi connectivity index (χ1n) is 11.5. The molecule has 176 valence electrons. The van der Waals surface area contributed by atoms with E-state index in [9.17, 15) is 9.90 Å². The Kier molecular flexibility index (Phi) is 8.97. The van der Waals surface area contributed by atoms with Crippen LogP contribution < -0.4 is 0 Å². The maximum absolute atomic E-state index is 11.8. The fraction of sp³-hybridized carbons (Fsp3) is 0.233. The van der Waals surface area contributed by atoms with Gasteiger partial charge < -0.3 is 14.6 Å². The molecule has 0 aliphatic heterocycles. The van der Waals surface area contributed by atoms with Gasteiger partial charge in [-0.15, -0.1) is 0 Å². The Morgan fingerprint density at radius 3 is 1.68 bits per heavy atom. The third-order valence-corrected chi connectivity index (χ3v) is 5.72. The third-order valence-electron chi connectivity index (χ3n) is 5.72. The molecule has 0 unspecified atom stereocenters. The summed E-state index contributed by atoms with van der Waals surface area (Å²) < 4.78 is 11.7. The van der Waals surface area contributed by atoms with Crippen molar-refractivity contribution in [3.8, 4) is 0 Å². The summed E-state index contributed by atoms with van der Waals surface area (Å²) in [5.41, 5.74) is 3.17. The van der Waals surface area contributed by atoms with Crippen LogP contribution in [0.3, 0.4) is 0 Å². The van der Waals surface area contributed by atoms with Gasteiger partial charge in [-0.25, -0.2) is 4.79 Å². The molecule has 0 aromatic heterocycles. The molecule has 4 heteroatoms. The second-order valence-corrected chi connectivity index (χ2v) is 8.09. The van der Waals surface area contributed by atoms with Crippen LogP contribution in [-0.4, -0.2) is 30.4 Å². The molecule has 3 aromatic rings. The van der Waals surface area contributed by atoms with E-state index in [4.69, 9.17) is 9.47 Å². The summed E-state index contributed by atoms with van der Waals surface area (Å²) in [5.74, 6) is -0.367. The summed E-state index contributed by atoms with van der Waals surface area (Å²) in [5, 5.41) is 10.9. The molecular formula is C30H32O4. The highest BCUT2D eigenvalue weighted by molar-refractivity contribution is 5.88. The maximum atomic E-state index is 11.8. The van der Waals surface area contributed by atoms with Crippen molar-refractivity contribution < 1.29 is 19.4 Å². The number of carbonyl (C=O) groups is 1. The fourth-order valence-electron chi connectivity index (χ4n) is 3.78. The molecule has 3 rings (SSSR count). The molecule has 0 aliphatic rings. The topological polar surface area (TPSA) is 55.8 Å². The highest BCUT2D eigenvalue weighted by atomic mass is 16.5. The van der Waals surface area contributed by atoms with Gasteiger partial charge in [0.15, 0.2) is 0 Å². The Balaban J connectivity index is 1.96. The number of ether oxygens (including phenoxy) is 2. The fourth-order valence-corrected chi connectivity index (χ4v) is 3.78. The Morgan fingerprint density at radius 2 is 1.26 bits per heavy atom. The van der Waals surface area contributed by atoms with Gasteiger partial charge in [-0.3, -0.25) is 0 Å². The second-order valence-electron chi connectivity index (χ2n) is 8.09. The molecule has 0 heterocycles. The molecule has 1 atom stereocenters. The minimum atomic E-state index is -0.901. The number of rotatable bonds is 10. The summed E-state index contributed by atoms with van der Waals surface area (Å²) in [6.45, 7) is 5.66. The van der Waals surface area contributed by atoms with E-state index >= 15 is 0 Å². The monoisotopic (exact) mass is 456 g/mol. The summed E-state index contributed by atoms with van der Waals surface area (Å²) in [6.07, 6.45) is 2.53. The lowest BCUT2D eigenvalue weighted by molar-refractivity contribution is -0.138. The Labute approximate surface area is 202 Å². The van der Waals surface area contributed by atoms with Gasteiger partial charge in [-0.1, -0.05) is 103 Å². The van der Waals surface area contributed by atoms with Crippen molar-refractivity contribution in [1.82, 2.24) is 0 Å². The summed E-state index contributed by atoms with van der Waals surface area (Å²) in [4.78, 5) is 11.8. The summed E-state index contributed by atoms with van der Waals surface area (Å²) in [6, 6.07) is 30.1. The van der Waals surface area contributed by atoms with E-state index in [-0.39, 0.29) is 12.6 Å². The lowest BCUT2D eigenvalue weighted by atomic mass is 9.80. The number of carbonyl (C=O) groups excluding carboxylic acids is 1. The first kappa shape index (κ1) is 25.2. The van der Waals surface area contributed by atoms with Crippen LogP contribution in [0.25, 0.3) is 0 Å². The van der Waals surface area contributed by atoms with Crippen LogP contribution in [-0.2, 0) is 19.9 Å². The zero-order valence-corrected chi connectivity index (χ0v) is 20.0. The predicted octanol–water partition coefficient (Wildman–Crippen LogP) is 5.81. The molecule has 1 N–H and O–H groups in total. The minimum Gasteiger partial charge on any atom is -0.463 e. The number of esters is 1. The van der Waals surface area contributed by atoms with Gasteiger partial charge in [0.2, 0.25) is 0 Å². The average Bonchev–Trinajstić information content (AvgIpc) is 2.89. The van der Waals surface area contributed by atoms with Crippen LogP contribution in [0.5, 0.6) is 0 Å².